The van der Waals surface area contributed by atoms with E-state index < -0.39 is 12.6 Å². The lowest BCUT2D eigenvalue weighted by atomic mass is 9.95. The minimum absolute atomic E-state index is 0.0852. The Bertz CT molecular complexity index is 712. The first-order valence-electron chi connectivity index (χ1n) is 9.06. The van der Waals surface area contributed by atoms with Crippen LogP contribution in [0.4, 0.5) is 13.2 Å². The summed E-state index contributed by atoms with van der Waals surface area (Å²) >= 11 is 0. The van der Waals surface area contributed by atoms with Crippen molar-refractivity contribution in [3.63, 3.8) is 0 Å². The predicted molar refractivity (Wildman–Crippen MR) is 90.8 cm³/mol. The molecule has 2 aromatic heterocycles. The molecule has 2 aromatic rings. The van der Waals surface area contributed by atoms with Crippen molar-refractivity contribution in [2.45, 2.75) is 58.3 Å². The van der Waals surface area contributed by atoms with Crippen LogP contribution in [-0.2, 0) is 13.1 Å². The van der Waals surface area contributed by atoms with Crippen LogP contribution in [0, 0.1) is 6.92 Å². The van der Waals surface area contributed by atoms with Crippen molar-refractivity contribution in [3.05, 3.63) is 29.9 Å². The molecule has 1 aliphatic heterocycles. The number of likely N-dealkylation sites (tertiary alicyclic amines) is 1. The Morgan fingerprint density at radius 3 is 2.50 bits per heavy atom. The summed E-state index contributed by atoms with van der Waals surface area (Å²) in [6.07, 6.45) is 0.499. The number of piperidine rings is 1. The Balaban J connectivity index is 1.63. The third kappa shape index (κ3) is 4.44. The molecule has 1 aliphatic rings. The van der Waals surface area contributed by atoms with E-state index in [1.807, 2.05) is 22.6 Å². The van der Waals surface area contributed by atoms with Crippen LogP contribution in [0.5, 0.6) is 0 Å². The van der Waals surface area contributed by atoms with Gasteiger partial charge in [0, 0.05) is 31.4 Å². The molecule has 0 N–H and O–H groups in total. The summed E-state index contributed by atoms with van der Waals surface area (Å²) in [5.74, 6) is 3.02. The third-order valence-electron chi connectivity index (χ3n) is 5.07. The van der Waals surface area contributed by atoms with Crippen LogP contribution in [0.2, 0.25) is 0 Å². The van der Waals surface area contributed by atoms with E-state index in [1.54, 1.807) is 6.20 Å². The Hall–Kier alpha value is -1.90. The number of imidazole rings is 1. The van der Waals surface area contributed by atoms with Gasteiger partial charge in [0.25, 0.3) is 0 Å². The molecule has 0 spiro atoms. The summed E-state index contributed by atoms with van der Waals surface area (Å²) in [4.78, 5) is 6.12. The standard InChI is InChI=1S/C17H25F3N6/c1-3-26-15(12-25-11-7-21-13(25)2)22-23-16(26)14-4-8-24(9-5-14)10-6-17(18,19)20/h7,11,14H,3-6,8-10,12H2,1-2H3. The zero-order valence-corrected chi connectivity index (χ0v) is 15.2. The quantitative estimate of drug-likeness (QED) is 0.784. The van der Waals surface area contributed by atoms with Crippen molar-refractivity contribution < 1.29 is 13.2 Å². The molecule has 0 aromatic carbocycles. The molecule has 0 radical (unpaired) electrons. The van der Waals surface area contributed by atoms with Crippen LogP contribution < -0.4 is 0 Å². The molecule has 0 aliphatic carbocycles. The molecule has 3 heterocycles. The SMILES string of the molecule is CCn1c(Cn2ccnc2C)nnc1C1CCN(CCC(F)(F)F)CC1. The van der Waals surface area contributed by atoms with E-state index in [-0.39, 0.29) is 12.5 Å². The van der Waals surface area contributed by atoms with Gasteiger partial charge in [-0.2, -0.15) is 13.2 Å². The molecule has 26 heavy (non-hydrogen) atoms. The average Bonchev–Trinajstić information content (AvgIpc) is 3.19. The summed E-state index contributed by atoms with van der Waals surface area (Å²) in [6.45, 7) is 6.85. The number of alkyl halides is 3. The second kappa shape index (κ2) is 7.77. The molecule has 3 rings (SSSR count). The first-order chi connectivity index (χ1) is 12.4. The van der Waals surface area contributed by atoms with Crippen LogP contribution in [-0.4, -0.2) is 55.0 Å². The maximum atomic E-state index is 12.4. The van der Waals surface area contributed by atoms with E-state index in [1.165, 1.54) is 0 Å². The fourth-order valence-corrected chi connectivity index (χ4v) is 3.54. The third-order valence-corrected chi connectivity index (χ3v) is 5.07. The van der Waals surface area contributed by atoms with Crippen molar-refractivity contribution in [3.8, 4) is 0 Å². The van der Waals surface area contributed by atoms with Gasteiger partial charge < -0.3 is 14.0 Å². The van der Waals surface area contributed by atoms with E-state index in [4.69, 9.17) is 0 Å². The van der Waals surface area contributed by atoms with E-state index in [9.17, 15) is 13.2 Å². The van der Waals surface area contributed by atoms with Crippen LogP contribution in [0.1, 0.15) is 49.6 Å². The van der Waals surface area contributed by atoms with Gasteiger partial charge in [0.2, 0.25) is 0 Å². The van der Waals surface area contributed by atoms with Crippen molar-refractivity contribution in [1.29, 1.82) is 0 Å². The summed E-state index contributed by atoms with van der Waals surface area (Å²) in [6, 6.07) is 0. The maximum absolute atomic E-state index is 12.4. The van der Waals surface area contributed by atoms with Gasteiger partial charge in [-0.1, -0.05) is 0 Å². The molecule has 0 atom stereocenters. The average molecular weight is 370 g/mol. The molecule has 0 bridgehead atoms. The monoisotopic (exact) mass is 370 g/mol. The highest BCUT2D eigenvalue weighted by Gasteiger charge is 2.30. The Labute approximate surface area is 151 Å². The Kier molecular flexibility index (Phi) is 5.64. The predicted octanol–water partition coefficient (Wildman–Crippen LogP) is 2.98. The van der Waals surface area contributed by atoms with Crippen molar-refractivity contribution in [2.75, 3.05) is 19.6 Å². The molecule has 6 nitrogen and oxygen atoms in total. The summed E-state index contributed by atoms with van der Waals surface area (Å²) in [5.41, 5.74) is 0. The normalized spacial score (nSPS) is 17.1. The van der Waals surface area contributed by atoms with Crippen LogP contribution in [0.3, 0.4) is 0 Å². The minimum Gasteiger partial charge on any atom is -0.328 e. The zero-order valence-electron chi connectivity index (χ0n) is 15.2. The zero-order chi connectivity index (χ0) is 18.7. The van der Waals surface area contributed by atoms with Crippen molar-refractivity contribution in [2.24, 2.45) is 0 Å². The largest absolute Gasteiger partial charge is 0.390 e. The van der Waals surface area contributed by atoms with Gasteiger partial charge in [0.05, 0.1) is 13.0 Å². The van der Waals surface area contributed by atoms with Crippen molar-refractivity contribution in [1.82, 2.24) is 29.2 Å². The van der Waals surface area contributed by atoms with Gasteiger partial charge in [-0.15, -0.1) is 10.2 Å². The van der Waals surface area contributed by atoms with Gasteiger partial charge >= 0.3 is 6.18 Å². The molecule has 0 unspecified atom stereocenters. The van der Waals surface area contributed by atoms with Gasteiger partial charge in [-0.25, -0.2) is 4.98 Å². The van der Waals surface area contributed by atoms with Crippen LogP contribution in [0.15, 0.2) is 12.4 Å². The topological polar surface area (TPSA) is 51.8 Å². The molecule has 0 amide bonds. The van der Waals surface area contributed by atoms with Gasteiger partial charge in [-0.3, -0.25) is 0 Å². The second-order valence-corrected chi connectivity index (χ2v) is 6.80. The molecule has 1 fully saturated rings. The minimum atomic E-state index is -4.08. The van der Waals surface area contributed by atoms with Crippen LogP contribution in [0.25, 0.3) is 0 Å². The highest BCUT2D eigenvalue weighted by Crippen LogP contribution is 2.28. The van der Waals surface area contributed by atoms with Crippen molar-refractivity contribution >= 4 is 0 Å². The molecule has 0 saturated carbocycles. The number of halogens is 3. The van der Waals surface area contributed by atoms with Gasteiger partial charge in [0.15, 0.2) is 5.82 Å². The fourth-order valence-electron chi connectivity index (χ4n) is 3.54. The molecule has 1 saturated heterocycles. The number of rotatable bonds is 6. The lowest BCUT2D eigenvalue weighted by Crippen LogP contribution is -2.36. The number of nitrogens with zero attached hydrogens (tertiary/aromatic N) is 6. The van der Waals surface area contributed by atoms with E-state index in [2.05, 4.69) is 26.7 Å². The summed E-state index contributed by atoms with van der Waals surface area (Å²) < 4.78 is 41.3. The Morgan fingerprint density at radius 2 is 1.92 bits per heavy atom. The lowest BCUT2D eigenvalue weighted by molar-refractivity contribution is -0.138. The molecule has 144 valence electrons. The van der Waals surface area contributed by atoms with E-state index >= 15 is 0 Å². The van der Waals surface area contributed by atoms with Crippen LogP contribution >= 0.6 is 0 Å². The Morgan fingerprint density at radius 1 is 1.19 bits per heavy atom. The number of hydrogen-bond donors (Lipinski definition) is 0. The number of aryl methyl sites for hydroxylation is 1. The van der Waals surface area contributed by atoms with Gasteiger partial charge in [0.1, 0.15) is 11.6 Å². The smallest absolute Gasteiger partial charge is 0.328 e. The highest BCUT2D eigenvalue weighted by atomic mass is 19.4. The van der Waals surface area contributed by atoms with Gasteiger partial charge in [-0.05, 0) is 39.8 Å². The number of aromatic nitrogens is 5. The van der Waals surface area contributed by atoms with E-state index in [0.717, 1.165) is 36.9 Å². The fraction of sp³-hybridized carbons (Fsp3) is 0.706. The molecule has 9 heteroatoms. The maximum Gasteiger partial charge on any atom is 0.390 e. The first-order valence-corrected chi connectivity index (χ1v) is 9.06. The summed E-state index contributed by atoms with van der Waals surface area (Å²) in [7, 11) is 0. The molecular weight excluding hydrogens is 345 g/mol. The number of hydrogen-bond acceptors (Lipinski definition) is 4. The lowest BCUT2D eigenvalue weighted by Gasteiger charge is -2.31. The second-order valence-electron chi connectivity index (χ2n) is 6.80. The highest BCUT2D eigenvalue weighted by molar-refractivity contribution is 5.05. The van der Waals surface area contributed by atoms with E-state index in [0.29, 0.717) is 19.6 Å². The summed E-state index contributed by atoms with van der Waals surface area (Å²) in [5, 5.41) is 8.78. The first kappa shape index (κ1) is 18.9. The molecular formula is C17H25F3N6.